The van der Waals surface area contributed by atoms with Gasteiger partial charge in [-0.05, 0) is 12.5 Å². The van der Waals surface area contributed by atoms with Gasteiger partial charge in [-0.1, -0.05) is 13.3 Å². The summed E-state index contributed by atoms with van der Waals surface area (Å²) in [7, 11) is 0. The van der Waals surface area contributed by atoms with Crippen LogP contribution in [-0.4, -0.2) is 23.7 Å². The summed E-state index contributed by atoms with van der Waals surface area (Å²) in [5, 5.41) is 8.36. The third kappa shape index (κ3) is 5.73. The van der Waals surface area contributed by atoms with Gasteiger partial charge in [-0.25, -0.2) is 0 Å². The minimum atomic E-state index is -1.04. The summed E-state index contributed by atoms with van der Waals surface area (Å²) in [4.78, 5) is 10.2. The zero-order chi connectivity index (χ0) is 9.40. The number of carboxylic acids is 1. The fourth-order valence-corrected chi connectivity index (χ4v) is 0.533. The molecular weight excluding hydrogens is 158 g/mol. The molecule has 0 aliphatic carbocycles. The highest BCUT2D eigenvalue weighted by Gasteiger charge is 2.09. The molecule has 0 radical (unpaired) electrons. The Balaban J connectivity index is 3.36. The zero-order valence-electron chi connectivity index (χ0n) is 7.19. The molecule has 0 spiro atoms. The number of carbonyl (C=O) groups is 1. The van der Waals surface area contributed by atoms with Crippen LogP contribution in [0, 0.1) is 0 Å². The highest BCUT2D eigenvalue weighted by atomic mass is 16.5. The Bertz CT molecular complexity index is 156. The normalized spacial score (nSPS) is 13.2. The lowest BCUT2D eigenvalue weighted by atomic mass is 10.3. The third-order valence-electron chi connectivity index (χ3n) is 1.24. The molecule has 3 N–H and O–H groups in total. The van der Waals surface area contributed by atoms with Crippen molar-refractivity contribution in [1.82, 2.24) is 0 Å². The average Bonchev–Trinajstić information content (AvgIpc) is 2.03. The van der Waals surface area contributed by atoms with Crippen molar-refractivity contribution in [3.05, 3.63) is 12.3 Å². The Hall–Kier alpha value is -1.03. The van der Waals surface area contributed by atoms with Crippen LogP contribution in [0.1, 0.15) is 19.8 Å². The number of nitrogens with two attached hydrogens (primary N) is 1. The van der Waals surface area contributed by atoms with E-state index < -0.39 is 12.0 Å². The Labute approximate surface area is 72.0 Å². The Morgan fingerprint density at radius 2 is 2.42 bits per heavy atom. The molecular formula is C8H15NO3. The first kappa shape index (κ1) is 11.0. The van der Waals surface area contributed by atoms with Gasteiger partial charge in [0.15, 0.2) is 0 Å². The number of ether oxygens (including phenoxy) is 1. The number of unbranched alkanes of at least 4 members (excludes halogenated alkanes) is 1. The van der Waals surface area contributed by atoms with E-state index in [0.717, 1.165) is 12.8 Å². The molecule has 0 aromatic rings. The van der Waals surface area contributed by atoms with Crippen LogP contribution in [0.4, 0.5) is 0 Å². The summed E-state index contributed by atoms with van der Waals surface area (Å²) in [5.74, 6) is -1.04. The van der Waals surface area contributed by atoms with E-state index in [2.05, 4.69) is 0 Å². The molecule has 0 heterocycles. The van der Waals surface area contributed by atoms with Crippen LogP contribution in [0.2, 0.25) is 0 Å². The molecule has 0 saturated carbocycles. The molecule has 0 aliphatic rings. The maximum absolute atomic E-state index is 10.2. The van der Waals surface area contributed by atoms with E-state index in [1.807, 2.05) is 13.0 Å². The van der Waals surface area contributed by atoms with Gasteiger partial charge in [0.1, 0.15) is 12.6 Å². The smallest absolute Gasteiger partial charge is 0.324 e. The molecule has 4 heteroatoms. The van der Waals surface area contributed by atoms with Crippen LogP contribution < -0.4 is 5.73 Å². The summed E-state index contributed by atoms with van der Waals surface area (Å²) in [6.07, 6.45) is 5.31. The van der Waals surface area contributed by atoms with Crippen molar-refractivity contribution in [2.24, 2.45) is 5.73 Å². The summed E-state index contributed by atoms with van der Waals surface area (Å²) < 4.78 is 4.87. The molecule has 1 atom stereocenters. The number of hydrogen-bond donors (Lipinski definition) is 2. The number of hydrogen-bond acceptors (Lipinski definition) is 3. The van der Waals surface area contributed by atoms with E-state index in [0.29, 0.717) is 0 Å². The van der Waals surface area contributed by atoms with Gasteiger partial charge in [0, 0.05) is 0 Å². The first-order chi connectivity index (χ1) is 5.68. The summed E-state index contributed by atoms with van der Waals surface area (Å²) in [5.41, 5.74) is 5.17. The first-order valence-corrected chi connectivity index (χ1v) is 3.93. The number of rotatable bonds is 6. The minimum Gasteiger partial charge on any atom is -0.499 e. The number of allylic oxidation sites excluding steroid dienone is 1. The molecule has 0 aromatic heterocycles. The predicted octanol–water partition coefficient (Wildman–Crippen LogP) is 0.729. The van der Waals surface area contributed by atoms with Crippen molar-refractivity contribution in [2.45, 2.75) is 25.8 Å². The summed E-state index contributed by atoms with van der Waals surface area (Å²) in [6.45, 7) is 2.07. The van der Waals surface area contributed by atoms with E-state index in [4.69, 9.17) is 15.6 Å². The molecule has 0 saturated heterocycles. The molecule has 0 unspecified atom stereocenters. The molecule has 0 amide bonds. The van der Waals surface area contributed by atoms with Crippen molar-refractivity contribution in [2.75, 3.05) is 6.61 Å². The SMILES string of the molecule is CCCC=COC[C@H](N)C(=O)O. The highest BCUT2D eigenvalue weighted by Crippen LogP contribution is 1.90. The molecule has 0 aromatic carbocycles. The van der Waals surface area contributed by atoms with Gasteiger partial charge in [-0.15, -0.1) is 0 Å². The Morgan fingerprint density at radius 3 is 2.92 bits per heavy atom. The lowest BCUT2D eigenvalue weighted by Crippen LogP contribution is -2.34. The van der Waals surface area contributed by atoms with Crippen molar-refractivity contribution in [1.29, 1.82) is 0 Å². The molecule has 0 rings (SSSR count). The van der Waals surface area contributed by atoms with E-state index in [1.54, 1.807) is 0 Å². The van der Waals surface area contributed by atoms with Gasteiger partial charge >= 0.3 is 5.97 Å². The van der Waals surface area contributed by atoms with Gasteiger partial charge in [0.05, 0.1) is 6.26 Å². The second-order valence-corrected chi connectivity index (χ2v) is 2.44. The third-order valence-corrected chi connectivity index (χ3v) is 1.24. The summed E-state index contributed by atoms with van der Waals surface area (Å²) in [6, 6.07) is -0.934. The molecule has 70 valence electrons. The van der Waals surface area contributed by atoms with Crippen LogP contribution >= 0.6 is 0 Å². The standard InChI is InChI=1S/C8H15NO3/c1-2-3-4-5-12-6-7(9)8(10)11/h4-5,7H,2-3,6,9H2,1H3,(H,10,11)/t7-/m0/s1. The largest absolute Gasteiger partial charge is 0.499 e. The van der Waals surface area contributed by atoms with E-state index in [1.165, 1.54) is 6.26 Å². The summed E-state index contributed by atoms with van der Waals surface area (Å²) >= 11 is 0. The lowest BCUT2D eigenvalue weighted by Gasteiger charge is -2.04. The van der Waals surface area contributed by atoms with E-state index >= 15 is 0 Å². The van der Waals surface area contributed by atoms with Crippen LogP contribution in [0.25, 0.3) is 0 Å². The van der Waals surface area contributed by atoms with Crippen molar-refractivity contribution < 1.29 is 14.6 Å². The van der Waals surface area contributed by atoms with Gasteiger partial charge < -0.3 is 15.6 Å². The van der Waals surface area contributed by atoms with Crippen molar-refractivity contribution in [3.8, 4) is 0 Å². The van der Waals surface area contributed by atoms with Crippen molar-refractivity contribution in [3.63, 3.8) is 0 Å². The molecule has 0 aliphatic heterocycles. The van der Waals surface area contributed by atoms with Gasteiger partial charge in [0.25, 0.3) is 0 Å². The molecule has 12 heavy (non-hydrogen) atoms. The number of carboxylic acid groups (broad SMARTS) is 1. The van der Waals surface area contributed by atoms with Crippen LogP contribution in [0.3, 0.4) is 0 Å². The molecule has 0 bridgehead atoms. The first-order valence-electron chi connectivity index (χ1n) is 3.93. The zero-order valence-corrected chi connectivity index (χ0v) is 7.19. The minimum absolute atomic E-state index is 0.0234. The predicted molar refractivity (Wildman–Crippen MR) is 45.6 cm³/mol. The second-order valence-electron chi connectivity index (χ2n) is 2.44. The van der Waals surface area contributed by atoms with E-state index in [-0.39, 0.29) is 6.61 Å². The van der Waals surface area contributed by atoms with E-state index in [9.17, 15) is 4.79 Å². The fraction of sp³-hybridized carbons (Fsp3) is 0.625. The van der Waals surface area contributed by atoms with Crippen LogP contribution in [0.15, 0.2) is 12.3 Å². The Kier molecular flexibility index (Phi) is 6.09. The Morgan fingerprint density at radius 1 is 1.75 bits per heavy atom. The quantitative estimate of drug-likeness (QED) is 0.581. The topological polar surface area (TPSA) is 72.5 Å². The average molecular weight is 173 g/mol. The maximum Gasteiger partial charge on any atom is 0.324 e. The fourth-order valence-electron chi connectivity index (χ4n) is 0.533. The van der Waals surface area contributed by atoms with Crippen LogP contribution in [-0.2, 0) is 9.53 Å². The monoisotopic (exact) mass is 173 g/mol. The molecule has 4 nitrogen and oxygen atoms in total. The lowest BCUT2D eigenvalue weighted by molar-refractivity contribution is -0.139. The van der Waals surface area contributed by atoms with Crippen LogP contribution in [0.5, 0.6) is 0 Å². The second kappa shape index (κ2) is 6.67. The number of aliphatic carboxylic acids is 1. The van der Waals surface area contributed by atoms with Gasteiger partial charge in [0.2, 0.25) is 0 Å². The van der Waals surface area contributed by atoms with Crippen molar-refractivity contribution >= 4 is 5.97 Å². The molecule has 0 fully saturated rings. The van der Waals surface area contributed by atoms with Gasteiger partial charge in [-0.2, -0.15) is 0 Å². The highest BCUT2D eigenvalue weighted by molar-refractivity contribution is 5.73. The maximum atomic E-state index is 10.2. The van der Waals surface area contributed by atoms with Gasteiger partial charge in [-0.3, -0.25) is 4.79 Å².